The maximum atomic E-state index is 12.8. The molecule has 0 aliphatic carbocycles. The molecule has 3 aromatic heterocycles. The van der Waals surface area contributed by atoms with Gasteiger partial charge < -0.3 is 5.32 Å². The monoisotopic (exact) mass is 474 g/mol. The average Bonchev–Trinajstić information content (AvgIpc) is 3.48. The fourth-order valence-electron chi connectivity index (χ4n) is 3.17. The van der Waals surface area contributed by atoms with E-state index in [1.807, 2.05) is 60.8 Å². The van der Waals surface area contributed by atoms with Gasteiger partial charge in [-0.1, -0.05) is 72.4 Å². The fourth-order valence-corrected chi connectivity index (χ4v) is 5.86. The van der Waals surface area contributed by atoms with E-state index < -0.39 is 0 Å². The highest BCUT2D eigenvalue weighted by molar-refractivity contribution is 8.00. The zero-order valence-corrected chi connectivity index (χ0v) is 19.5. The third-order valence-electron chi connectivity index (χ3n) is 4.81. The number of aromatic nitrogens is 3. The van der Waals surface area contributed by atoms with Crippen LogP contribution in [0.5, 0.6) is 0 Å². The van der Waals surface area contributed by atoms with E-state index in [1.165, 1.54) is 23.1 Å². The van der Waals surface area contributed by atoms with Gasteiger partial charge in [-0.05, 0) is 18.6 Å². The van der Waals surface area contributed by atoms with Crippen LogP contribution in [0.3, 0.4) is 0 Å². The zero-order chi connectivity index (χ0) is 21.9. The van der Waals surface area contributed by atoms with E-state index in [0.29, 0.717) is 5.13 Å². The summed E-state index contributed by atoms with van der Waals surface area (Å²) in [4.78, 5) is 28.3. The summed E-state index contributed by atoms with van der Waals surface area (Å²) < 4.78 is 0. The number of thiazole rings is 1. The number of benzene rings is 2. The number of thioether (sulfide) groups is 1. The van der Waals surface area contributed by atoms with E-state index >= 15 is 0 Å². The number of carbonyl (C=O) groups excluding carboxylic acids is 1. The molecule has 5 aromatic rings. The molecule has 0 fully saturated rings. The number of hydrogen-bond donors (Lipinski definition) is 1. The van der Waals surface area contributed by atoms with Crippen LogP contribution >= 0.6 is 34.4 Å². The fraction of sp³-hybridized carbons (Fsp3) is 0.0833. The Morgan fingerprint density at radius 3 is 2.47 bits per heavy atom. The lowest BCUT2D eigenvalue weighted by Crippen LogP contribution is -2.22. The van der Waals surface area contributed by atoms with Crippen molar-refractivity contribution >= 4 is 55.7 Å². The molecule has 1 amide bonds. The second-order valence-corrected chi connectivity index (χ2v) is 10.2. The summed E-state index contributed by atoms with van der Waals surface area (Å²) in [6, 6.07) is 22.2. The Balaban J connectivity index is 1.31. The minimum Gasteiger partial charge on any atom is -0.301 e. The molecule has 5 nitrogen and oxygen atoms in total. The number of hydrogen-bond acceptors (Lipinski definition) is 7. The number of fused-ring (bicyclic) bond motifs is 1. The van der Waals surface area contributed by atoms with Crippen molar-refractivity contribution < 1.29 is 4.79 Å². The molecule has 0 saturated carbocycles. The summed E-state index contributed by atoms with van der Waals surface area (Å²) >= 11 is 4.49. The minimum atomic E-state index is -0.336. The van der Waals surface area contributed by atoms with Gasteiger partial charge in [0.2, 0.25) is 5.91 Å². The maximum absolute atomic E-state index is 12.8. The van der Waals surface area contributed by atoms with Crippen LogP contribution in [0.4, 0.5) is 5.13 Å². The molecule has 0 aliphatic rings. The van der Waals surface area contributed by atoms with E-state index in [9.17, 15) is 4.79 Å². The van der Waals surface area contributed by atoms with E-state index in [-0.39, 0.29) is 11.2 Å². The first-order valence-electron chi connectivity index (χ1n) is 9.96. The number of nitrogens with zero attached hydrogens (tertiary/aromatic N) is 3. The Kier molecular flexibility index (Phi) is 5.98. The first kappa shape index (κ1) is 20.8. The molecular weight excluding hydrogens is 456 g/mol. The van der Waals surface area contributed by atoms with Crippen LogP contribution < -0.4 is 5.32 Å². The molecule has 1 unspecified atom stereocenters. The van der Waals surface area contributed by atoms with Crippen LogP contribution in [-0.2, 0) is 4.79 Å². The quantitative estimate of drug-likeness (QED) is 0.222. The summed E-state index contributed by atoms with van der Waals surface area (Å²) in [5.41, 5.74) is 3.03. The third-order valence-corrected chi connectivity index (χ3v) is 7.78. The molecule has 2 aromatic carbocycles. The molecule has 8 heteroatoms. The molecule has 0 bridgehead atoms. The number of thiophene rings is 1. The van der Waals surface area contributed by atoms with Crippen LogP contribution in [0.15, 0.2) is 83.5 Å². The predicted octanol–water partition coefficient (Wildman–Crippen LogP) is 6.60. The second kappa shape index (κ2) is 9.20. The van der Waals surface area contributed by atoms with Gasteiger partial charge in [-0.25, -0.2) is 15.0 Å². The Morgan fingerprint density at radius 2 is 1.72 bits per heavy atom. The van der Waals surface area contributed by atoms with Crippen molar-refractivity contribution in [2.24, 2.45) is 0 Å². The number of carbonyl (C=O) groups is 1. The van der Waals surface area contributed by atoms with Gasteiger partial charge in [0, 0.05) is 21.2 Å². The molecule has 0 saturated heterocycles. The molecule has 3 heterocycles. The number of amides is 1. The summed E-state index contributed by atoms with van der Waals surface area (Å²) in [7, 11) is 0. The van der Waals surface area contributed by atoms with Crippen LogP contribution in [0.2, 0.25) is 0 Å². The number of nitrogens with one attached hydrogen (secondary N) is 1. The number of anilines is 1. The zero-order valence-electron chi connectivity index (χ0n) is 17.1. The molecule has 1 atom stereocenters. The van der Waals surface area contributed by atoms with Crippen molar-refractivity contribution in [3.63, 3.8) is 0 Å². The van der Waals surface area contributed by atoms with E-state index in [2.05, 4.69) is 38.5 Å². The molecule has 0 aliphatic heterocycles. The third kappa shape index (κ3) is 4.43. The van der Waals surface area contributed by atoms with Crippen molar-refractivity contribution in [2.45, 2.75) is 17.2 Å². The smallest absolute Gasteiger partial charge is 0.239 e. The summed E-state index contributed by atoms with van der Waals surface area (Å²) in [6.07, 6.45) is 1.56. The average molecular weight is 475 g/mol. The Hall–Kier alpha value is -3.07. The maximum Gasteiger partial charge on any atom is 0.239 e. The van der Waals surface area contributed by atoms with Gasteiger partial charge in [0.25, 0.3) is 0 Å². The largest absolute Gasteiger partial charge is 0.301 e. The van der Waals surface area contributed by atoms with Crippen molar-refractivity contribution in [1.29, 1.82) is 0 Å². The lowest BCUT2D eigenvalue weighted by molar-refractivity contribution is -0.115. The van der Waals surface area contributed by atoms with Crippen LogP contribution in [0.25, 0.3) is 31.9 Å². The standard InChI is InChI=1S/C24H18N4OS3/c1-15(21(29)28-24-27-19(13-30-24)16-8-4-2-5-9-16)31-22-18-12-20(17-10-6-3-7-11-17)32-23(18)26-14-25-22/h2-15H,1H3,(H,27,28,29). The SMILES string of the molecule is CC(Sc1ncnc2sc(-c3ccccc3)cc12)C(=O)Nc1nc(-c2ccccc2)cs1. The normalized spacial score (nSPS) is 12.0. The predicted molar refractivity (Wildman–Crippen MR) is 134 cm³/mol. The molecule has 32 heavy (non-hydrogen) atoms. The first-order chi connectivity index (χ1) is 15.7. The lowest BCUT2D eigenvalue weighted by Gasteiger charge is -2.10. The Morgan fingerprint density at radius 1 is 1.00 bits per heavy atom. The van der Waals surface area contributed by atoms with Crippen LogP contribution in [0.1, 0.15) is 6.92 Å². The minimum absolute atomic E-state index is 0.103. The molecule has 0 spiro atoms. The molecule has 1 N–H and O–H groups in total. The van der Waals surface area contributed by atoms with Crippen molar-refractivity contribution in [2.75, 3.05) is 5.32 Å². The molecule has 5 rings (SSSR count). The van der Waals surface area contributed by atoms with Crippen LogP contribution in [-0.4, -0.2) is 26.1 Å². The van der Waals surface area contributed by atoms with Crippen molar-refractivity contribution in [3.05, 3.63) is 78.4 Å². The summed E-state index contributed by atoms with van der Waals surface area (Å²) in [6.45, 7) is 1.88. The molecular formula is C24H18N4OS3. The van der Waals surface area contributed by atoms with Gasteiger partial charge in [0.05, 0.1) is 10.9 Å². The van der Waals surface area contributed by atoms with Crippen molar-refractivity contribution in [3.8, 4) is 21.7 Å². The van der Waals surface area contributed by atoms with Gasteiger partial charge in [-0.3, -0.25) is 4.79 Å². The van der Waals surface area contributed by atoms with E-state index in [1.54, 1.807) is 17.7 Å². The Bertz CT molecular complexity index is 1370. The Labute approximate surface area is 197 Å². The summed E-state index contributed by atoms with van der Waals surface area (Å²) in [5, 5.41) is 6.93. The van der Waals surface area contributed by atoms with Gasteiger partial charge in [0.15, 0.2) is 5.13 Å². The van der Waals surface area contributed by atoms with Gasteiger partial charge >= 0.3 is 0 Å². The molecule has 0 radical (unpaired) electrons. The highest BCUT2D eigenvalue weighted by atomic mass is 32.2. The van der Waals surface area contributed by atoms with Gasteiger partial charge in [-0.15, -0.1) is 22.7 Å². The molecule has 158 valence electrons. The second-order valence-electron chi connectivity index (χ2n) is 7.03. The van der Waals surface area contributed by atoms with E-state index in [4.69, 9.17) is 0 Å². The van der Waals surface area contributed by atoms with Gasteiger partial charge in [-0.2, -0.15) is 0 Å². The van der Waals surface area contributed by atoms with Gasteiger partial charge in [0.1, 0.15) is 16.2 Å². The first-order valence-corrected chi connectivity index (χ1v) is 12.5. The van der Waals surface area contributed by atoms with Crippen LogP contribution in [0, 0.1) is 0 Å². The highest BCUT2D eigenvalue weighted by Crippen LogP contribution is 2.37. The topological polar surface area (TPSA) is 67.8 Å². The summed E-state index contributed by atoms with van der Waals surface area (Å²) in [5.74, 6) is -0.103. The van der Waals surface area contributed by atoms with E-state index in [0.717, 1.165) is 36.9 Å². The lowest BCUT2D eigenvalue weighted by atomic mass is 10.2. The van der Waals surface area contributed by atoms with Crippen molar-refractivity contribution in [1.82, 2.24) is 15.0 Å². The number of rotatable bonds is 6. The highest BCUT2D eigenvalue weighted by Gasteiger charge is 2.19.